The molecule has 138 valence electrons. The zero-order valence-electron chi connectivity index (χ0n) is 14.2. The molecule has 1 heterocycles. The topological polar surface area (TPSA) is 74.8 Å². The van der Waals surface area contributed by atoms with Gasteiger partial charge in [-0.1, -0.05) is 19.8 Å². The molecule has 0 unspecified atom stereocenters. The molecule has 1 saturated carbocycles. The largest absolute Gasteiger partial charge is 0.334 e. The van der Waals surface area contributed by atoms with Crippen LogP contribution in [-0.4, -0.2) is 46.0 Å². The number of nitrogens with zero attached hydrogens (tertiary/aromatic N) is 2. The summed E-state index contributed by atoms with van der Waals surface area (Å²) in [6.45, 7) is 1.23. The van der Waals surface area contributed by atoms with Crippen LogP contribution in [0.3, 0.4) is 0 Å². The van der Waals surface area contributed by atoms with E-state index in [1.54, 1.807) is 0 Å². The zero-order chi connectivity index (χ0) is 19.0. The number of ketones is 1. The molecule has 0 aromatic heterocycles. The lowest BCUT2D eigenvalue weighted by Gasteiger charge is -2.34. The molecule has 1 aliphatic heterocycles. The number of benzene rings is 1. The van der Waals surface area contributed by atoms with E-state index in [9.17, 15) is 28.0 Å². The minimum absolute atomic E-state index is 0.0753. The maximum atomic E-state index is 13.3. The fourth-order valence-electron chi connectivity index (χ4n) is 3.54. The predicted octanol–water partition coefficient (Wildman–Crippen LogP) is 2.52. The summed E-state index contributed by atoms with van der Waals surface area (Å²) in [7, 11) is 0. The summed E-state index contributed by atoms with van der Waals surface area (Å²) < 4.78 is 26.3. The van der Waals surface area contributed by atoms with E-state index in [0.29, 0.717) is 17.4 Å². The number of hydrogen-bond acceptors (Lipinski definition) is 4. The third-order valence-electron chi connectivity index (χ3n) is 5.03. The molecule has 1 aromatic carbocycles. The van der Waals surface area contributed by atoms with Gasteiger partial charge in [-0.05, 0) is 37.0 Å². The SMILES string of the molecule is C[C@H]1CCCC[C@@H]1N1C(=O)C(=O)N(CC(=O)c2ccc(F)c(F)c2)C1=O. The zero-order valence-corrected chi connectivity index (χ0v) is 14.2. The first kappa shape index (κ1) is 18.2. The minimum atomic E-state index is -1.20. The molecule has 4 amide bonds. The van der Waals surface area contributed by atoms with E-state index in [0.717, 1.165) is 36.3 Å². The number of hydrogen-bond donors (Lipinski definition) is 0. The van der Waals surface area contributed by atoms with Crippen molar-refractivity contribution >= 4 is 23.6 Å². The molecular formula is C18H18F2N2O4. The number of amides is 4. The molecule has 0 N–H and O–H groups in total. The summed E-state index contributed by atoms with van der Waals surface area (Å²) in [5.41, 5.74) is -0.179. The summed E-state index contributed by atoms with van der Waals surface area (Å²) in [5.74, 6) is -5.00. The molecule has 2 aliphatic rings. The Kier molecular flexibility index (Phi) is 4.84. The van der Waals surface area contributed by atoms with Crippen LogP contribution in [0.25, 0.3) is 0 Å². The molecule has 2 fully saturated rings. The van der Waals surface area contributed by atoms with Crippen molar-refractivity contribution in [1.29, 1.82) is 0 Å². The Labute approximate surface area is 148 Å². The minimum Gasteiger partial charge on any atom is -0.292 e. The lowest BCUT2D eigenvalue weighted by atomic mass is 9.85. The van der Waals surface area contributed by atoms with Gasteiger partial charge in [0.25, 0.3) is 0 Å². The van der Waals surface area contributed by atoms with Gasteiger partial charge < -0.3 is 0 Å². The van der Waals surface area contributed by atoms with Gasteiger partial charge in [0.15, 0.2) is 17.4 Å². The normalized spacial score (nSPS) is 23.7. The highest BCUT2D eigenvalue weighted by atomic mass is 19.2. The van der Waals surface area contributed by atoms with Crippen molar-refractivity contribution in [1.82, 2.24) is 9.80 Å². The Hall–Kier alpha value is -2.64. The first-order valence-electron chi connectivity index (χ1n) is 8.48. The number of halogens is 2. The number of carbonyl (C=O) groups is 4. The van der Waals surface area contributed by atoms with Crippen LogP contribution >= 0.6 is 0 Å². The van der Waals surface area contributed by atoms with Crippen molar-refractivity contribution in [2.45, 2.75) is 38.6 Å². The molecule has 1 aliphatic carbocycles. The average molecular weight is 364 g/mol. The van der Waals surface area contributed by atoms with Gasteiger partial charge in [0, 0.05) is 11.6 Å². The lowest BCUT2D eigenvalue weighted by Crippen LogP contribution is -2.46. The molecule has 0 spiro atoms. The molecule has 1 saturated heterocycles. The maximum Gasteiger partial charge on any atom is 0.334 e. The van der Waals surface area contributed by atoms with Gasteiger partial charge in [-0.2, -0.15) is 0 Å². The Morgan fingerprint density at radius 2 is 1.77 bits per heavy atom. The standard InChI is InChI=1S/C18H18F2N2O4/c1-10-4-2-3-5-14(10)22-17(25)16(24)21(18(22)26)9-15(23)11-6-7-12(19)13(20)8-11/h6-8,10,14H,2-5,9H2,1H3/t10-,14-/m0/s1. The van der Waals surface area contributed by atoms with Crippen molar-refractivity contribution in [3.63, 3.8) is 0 Å². The summed E-state index contributed by atoms with van der Waals surface area (Å²) in [4.78, 5) is 50.8. The van der Waals surface area contributed by atoms with E-state index in [-0.39, 0.29) is 17.5 Å². The first-order chi connectivity index (χ1) is 12.3. The van der Waals surface area contributed by atoms with Crippen LogP contribution in [0.15, 0.2) is 18.2 Å². The van der Waals surface area contributed by atoms with E-state index < -0.39 is 41.8 Å². The second kappa shape index (κ2) is 6.93. The lowest BCUT2D eigenvalue weighted by molar-refractivity contribution is -0.144. The summed E-state index contributed by atoms with van der Waals surface area (Å²) in [6.07, 6.45) is 3.33. The number of rotatable bonds is 4. The van der Waals surface area contributed by atoms with Crippen molar-refractivity contribution < 1.29 is 28.0 Å². The van der Waals surface area contributed by atoms with Crippen LogP contribution in [-0.2, 0) is 9.59 Å². The quantitative estimate of drug-likeness (QED) is 0.467. The average Bonchev–Trinajstić information content (AvgIpc) is 2.81. The van der Waals surface area contributed by atoms with Crippen molar-refractivity contribution in [2.24, 2.45) is 5.92 Å². The number of urea groups is 1. The van der Waals surface area contributed by atoms with Gasteiger partial charge in [0.05, 0.1) is 6.54 Å². The highest BCUT2D eigenvalue weighted by Crippen LogP contribution is 2.31. The third-order valence-corrected chi connectivity index (χ3v) is 5.03. The highest BCUT2D eigenvalue weighted by molar-refractivity contribution is 6.45. The second-order valence-electron chi connectivity index (χ2n) is 6.73. The molecular weight excluding hydrogens is 346 g/mol. The second-order valence-corrected chi connectivity index (χ2v) is 6.73. The van der Waals surface area contributed by atoms with Gasteiger partial charge in [-0.15, -0.1) is 0 Å². The van der Waals surface area contributed by atoms with Gasteiger partial charge in [-0.3, -0.25) is 19.3 Å². The molecule has 26 heavy (non-hydrogen) atoms. The maximum absolute atomic E-state index is 13.3. The summed E-state index contributed by atoms with van der Waals surface area (Å²) in [5, 5.41) is 0. The summed E-state index contributed by atoms with van der Waals surface area (Å²) in [6, 6.07) is 1.36. The summed E-state index contributed by atoms with van der Waals surface area (Å²) >= 11 is 0. The fraction of sp³-hybridized carbons (Fsp3) is 0.444. The van der Waals surface area contributed by atoms with Crippen molar-refractivity contribution in [2.75, 3.05) is 6.54 Å². The van der Waals surface area contributed by atoms with Gasteiger partial charge in [0.2, 0.25) is 0 Å². The molecule has 2 atom stereocenters. The molecule has 8 heteroatoms. The first-order valence-corrected chi connectivity index (χ1v) is 8.48. The van der Waals surface area contributed by atoms with E-state index in [2.05, 4.69) is 0 Å². The van der Waals surface area contributed by atoms with Crippen LogP contribution in [0.4, 0.5) is 13.6 Å². The molecule has 3 rings (SSSR count). The Morgan fingerprint density at radius 1 is 1.08 bits per heavy atom. The van der Waals surface area contributed by atoms with E-state index in [4.69, 9.17) is 0 Å². The predicted molar refractivity (Wildman–Crippen MR) is 86.1 cm³/mol. The third kappa shape index (κ3) is 3.11. The van der Waals surface area contributed by atoms with Crippen LogP contribution in [0.1, 0.15) is 43.0 Å². The Balaban J connectivity index is 1.78. The van der Waals surface area contributed by atoms with E-state index >= 15 is 0 Å². The molecule has 1 aromatic rings. The highest BCUT2D eigenvalue weighted by Gasteiger charge is 2.49. The number of carbonyl (C=O) groups excluding carboxylic acids is 4. The van der Waals surface area contributed by atoms with Crippen LogP contribution in [0, 0.1) is 17.6 Å². The molecule has 0 bridgehead atoms. The van der Waals surface area contributed by atoms with Crippen LogP contribution in [0.2, 0.25) is 0 Å². The van der Waals surface area contributed by atoms with Crippen LogP contribution in [0.5, 0.6) is 0 Å². The van der Waals surface area contributed by atoms with E-state index in [1.807, 2.05) is 6.92 Å². The fourth-order valence-corrected chi connectivity index (χ4v) is 3.54. The molecule has 0 radical (unpaired) electrons. The van der Waals surface area contributed by atoms with Gasteiger partial charge >= 0.3 is 17.8 Å². The number of Topliss-reactive ketones (excluding diaryl/α,β-unsaturated/α-hetero) is 1. The molecule has 6 nitrogen and oxygen atoms in total. The Morgan fingerprint density at radius 3 is 2.42 bits per heavy atom. The monoisotopic (exact) mass is 364 g/mol. The van der Waals surface area contributed by atoms with E-state index in [1.165, 1.54) is 0 Å². The van der Waals surface area contributed by atoms with Gasteiger partial charge in [-0.25, -0.2) is 18.5 Å². The van der Waals surface area contributed by atoms with Crippen molar-refractivity contribution in [3.8, 4) is 0 Å². The van der Waals surface area contributed by atoms with Crippen molar-refractivity contribution in [3.05, 3.63) is 35.4 Å². The smallest absolute Gasteiger partial charge is 0.292 e. The van der Waals surface area contributed by atoms with Gasteiger partial charge in [0.1, 0.15) is 0 Å². The van der Waals surface area contributed by atoms with Crippen LogP contribution < -0.4 is 0 Å². The number of imide groups is 2. The Bertz CT molecular complexity index is 795.